The summed E-state index contributed by atoms with van der Waals surface area (Å²) in [6.45, 7) is 1.80. The summed E-state index contributed by atoms with van der Waals surface area (Å²) in [5.41, 5.74) is 0.867. The zero-order chi connectivity index (χ0) is 13.0. The van der Waals surface area contributed by atoms with E-state index in [2.05, 4.69) is 6.07 Å². The minimum atomic E-state index is -0.0107. The van der Waals surface area contributed by atoms with Gasteiger partial charge in [-0.3, -0.25) is 4.79 Å². The van der Waals surface area contributed by atoms with E-state index >= 15 is 0 Å². The topological polar surface area (TPSA) is 50.1 Å². The molecule has 0 N–H and O–H groups in total. The van der Waals surface area contributed by atoms with Crippen LogP contribution in [-0.4, -0.2) is 11.9 Å². The summed E-state index contributed by atoms with van der Waals surface area (Å²) in [6.07, 6.45) is 5.04. The largest absolute Gasteiger partial charge is 0.489 e. The van der Waals surface area contributed by atoms with E-state index in [9.17, 15) is 10.1 Å². The maximum atomic E-state index is 11.8. The number of Topliss-reactive ketones (excluding diaryl/α,β-unsaturated/α-hetero) is 1. The van der Waals surface area contributed by atoms with Crippen molar-refractivity contribution in [3.63, 3.8) is 0 Å². The molecule has 0 atom stereocenters. The van der Waals surface area contributed by atoms with Crippen LogP contribution in [0.1, 0.15) is 54.9 Å². The van der Waals surface area contributed by atoms with Crippen molar-refractivity contribution >= 4 is 5.78 Å². The molecule has 3 nitrogen and oxygen atoms in total. The van der Waals surface area contributed by atoms with E-state index in [1.54, 1.807) is 25.1 Å². The molecule has 1 aromatic carbocycles. The zero-order valence-corrected chi connectivity index (χ0v) is 10.6. The van der Waals surface area contributed by atoms with Gasteiger partial charge in [0.05, 0.1) is 6.10 Å². The van der Waals surface area contributed by atoms with Gasteiger partial charge in [-0.2, -0.15) is 5.26 Å². The Hall–Kier alpha value is -1.82. The van der Waals surface area contributed by atoms with Crippen LogP contribution in [0.25, 0.3) is 0 Å². The van der Waals surface area contributed by atoms with Crippen LogP contribution < -0.4 is 4.74 Å². The first-order valence-electron chi connectivity index (χ1n) is 6.49. The first-order chi connectivity index (χ1) is 8.76. The molecule has 0 amide bonds. The van der Waals surface area contributed by atoms with Gasteiger partial charge in [-0.25, -0.2) is 0 Å². The second-order valence-corrected chi connectivity index (χ2v) is 4.59. The van der Waals surface area contributed by atoms with Crippen molar-refractivity contribution in [3.8, 4) is 11.8 Å². The lowest BCUT2D eigenvalue weighted by atomic mass is 10.0. The maximum absolute atomic E-state index is 11.8. The van der Waals surface area contributed by atoms with Gasteiger partial charge in [0.2, 0.25) is 0 Å². The van der Waals surface area contributed by atoms with Gasteiger partial charge in [-0.05, 0) is 37.8 Å². The van der Waals surface area contributed by atoms with E-state index in [-0.39, 0.29) is 11.9 Å². The van der Waals surface area contributed by atoms with Crippen molar-refractivity contribution in [2.45, 2.75) is 45.1 Å². The van der Waals surface area contributed by atoms with E-state index < -0.39 is 0 Å². The van der Waals surface area contributed by atoms with Gasteiger partial charge in [-0.1, -0.05) is 13.0 Å². The molecular weight excluding hydrogens is 226 g/mol. The van der Waals surface area contributed by atoms with Gasteiger partial charge in [0.1, 0.15) is 17.4 Å². The lowest BCUT2D eigenvalue weighted by molar-refractivity contribution is 0.0987. The number of nitriles is 1. The van der Waals surface area contributed by atoms with Crippen molar-refractivity contribution in [2.24, 2.45) is 0 Å². The molecule has 1 fully saturated rings. The number of carbonyl (C=O) groups is 1. The summed E-state index contributed by atoms with van der Waals surface area (Å²) < 4.78 is 5.86. The highest BCUT2D eigenvalue weighted by atomic mass is 16.5. The number of ketones is 1. The van der Waals surface area contributed by atoms with E-state index in [1.165, 1.54) is 12.8 Å². The zero-order valence-electron chi connectivity index (χ0n) is 10.6. The monoisotopic (exact) mass is 243 g/mol. The number of nitrogens with zero attached hydrogens (tertiary/aromatic N) is 1. The van der Waals surface area contributed by atoms with Crippen molar-refractivity contribution < 1.29 is 9.53 Å². The van der Waals surface area contributed by atoms with Crippen LogP contribution in [0.15, 0.2) is 18.2 Å². The average Bonchev–Trinajstić information content (AvgIpc) is 2.90. The highest BCUT2D eigenvalue weighted by Gasteiger charge is 2.20. The van der Waals surface area contributed by atoms with Gasteiger partial charge in [0.25, 0.3) is 0 Å². The Bertz CT molecular complexity index is 482. The van der Waals surface area contributed by atoms with Gasteiger partial charge in [-0.15, -0.1) is 0 Å². The number of hydrogen-bond donors (Lipinski definition) is 0. The van der Waals surface area contributed by atoms with Crippen LogP contribution in [-0.2, 0) is 0 Å². The molecule has 1 aliphatic carbocycles. The Morgan fingerprint density at radius 2 is 2.17 bits per heavy atom. The minimum Gasteiger partial charge on any atom is -0.489 e. The Morgan fingerprint density at radius 1 is 1.44 bits per heavy atom. The van der Waals surface area contributed by atoms with Crippen LogP contribution in [0.3, 0.4) is 0 Å². The van der Waals surface area contributed by atoms with Crippen molar-refractivity contribution in [1.29, 1.82) is 5.26 Å². The molecule has 1 aliphatic rings. The predicted molar refractivity (Wildman–Crippen MR) is 68.7 cm³/mol. The molecule has 0 aliphatic heterocycles. The van der Waals surface area contributed by atoms with Crippen LogP contribution in [0.5, 0.6) is 5.75 Å². The highest BCUT2D eigenvalue weighted by Crippen LogP contribution is 2.28. The molecule has 94 valence electrons. The highest BCUT2D eigenvalue weighted by molar-refractivity contribution is 5.98. The Kier molecular flexibility index (Phi) is 3.99. The van der Waals surface area contributed by atoms with Gasteiger partial charge in [0.15, 0.2) is 5.78 Å². The maximum Gasteiger partial charge on any atom is 0.164 e. The molecule has 0 radical (unpaired) electrons. The fraction of sp³-hybridized carbons (Fsp3) is 0.467. The number of hydrogen-bond acceptors (Lipinski definition) is 3. The molecule has 2 rings (SSSR count). The molecule has 1 aromatic rings. The molecule has 0 unspecified atom stereocenters. The lowest BCUT2D eigenvalue weighted by Crippen LogP contribution is -2.13. The summed E-state index contributed by atoms with van der Waals surface area (Å²) in [7, 11) is 0. The first-order valence-corrected chi connectivity index (χ1v) is 6.49. The molecule has 3 heteroatoms. The van der Waals surface area contributed by atoms with Crippen molar-refractivity contribution in [1.82, 2.24) is 0 Å². The van der Waals surface area contributed by atoms with E-state index in [0.717, 1.165) is 12.8 Å². The standard InChI is InChI=1S/C15H17NO2/c1-2-14(17)12-8-5-9-15(13(12)10-16)18-11-6-3-4-7-11/h5,8-9,11H,2-4,6-7H2,1H3. The molecule has 0 aromatic heterocycles. The summed E-state index contributed by atoms with van der Waals surface area (Å²) >= 11 is 0. The lowest BCUT2D eigenvalue weighted by Gasteiger charge is -2.15. The summed E-state index contributed by atoms with van der Waals surface area (Å²) in [4.78, 5) is 11.8. The normalized spacial score (nSPS) is 15.3. The molecule has 0 spiro atoms. The Labute approximate surface area is 107 Å². The number of benzene rings is 1. The average molecular weight is 243 g/mol. The van der Waals surface area contributed by atoms with Crippen LogP contribution in [0, 0.1) is 11.3 Å². The van der Waals surface area contributed by atoms with Crippen molar-refractivity contribution in [2.75, 3.05) is 0 Å². The third-order valence-electron chi connectivity index (χ3n) is 3.36. The van der Waals surface area contributed by atoms with Gasteiger partial charge < -0.3 is 4.74 Å². The molecule has 1 saturated carbocycles. The molecule has 0 heterocycles. The van der Waals surface area contributed by atoms with Crippen LogP contribution in [0.2, 0.25) is 0 Å². The van der Waals surface area contributed by atoms with Gasteiger partial charge >= 0.3 is 0 Å². The SMILES string of the molecule is CCC(=O)c1cccc(OC2CCCC2)c1C#N. The van der Waals surface area contributed by atoms with Crippen LogP contribution >= 0.6 is 0 Å². The number of ether oxygens (including phenoxy) is 1. The van der Waals surface area contributed by atoms with Crippen molar-refractivity contribution in [3.05, 3.63) is 29.3 Å². The third kappa shape index (κ3) is 2.53. The Morgan fingerprint density at radius 3 is 2.78 bits per heavy atom. The quantitative estimate of drug-likeness (QED) is 0.761. The fourth-order valence-electron chi connectivity index (χ4n) is 2.35. The molecule has 0 saturated heterocycles. The van der Waals surface area contributed by atoms with Gasteiger partial charge in [0, 0.05) is 12.0 Å². The third-order valence-corrected chi connectivity index (χ3v) is 3.36. The number of rotatable bonds is 4. The predicted octanol–water partition coefficient (Wildman–Crippen LogP) is 3.47. The second-order valence-electron chi connectivity index (χ2n) is 4.59. The fourth-order valence-corrected chi connectivity index (χ4v) is 2.35. The first kappa shape index (κ1) is 12.6. The van der Waals surface area contributed by atoms with E-state index in [4.69, 9.17) is 4.74 Å². The minimum absolute atomic E-state index is 0.0107. The summed E-state index contributed by atoms with van der Waals surface area (Å²) in [6, 6.07) is 7.37. The van der Waals surface area contributed by atoms with Crippen LogP contribution in [0.4, 0.5) is 0 Å². The summed E-state index contributed by atoms with van der Waals surface area (Å²) in [5.74, 6) is 0.548. The molecule has 0 bridgehead atoms. The molecule has 18 heavy (non-hydrogen) atoms. The van der Waals surface area contributed by atoms with E-state index in [0.29, 0.717) is 23.3 Å². The second kappa shape index (κ2) is 5.68. The summed E-state index contributed by atoms with van der Waals surface area (Å²) in [5, 5.41) is 9.24. The number of carbonyl (C=O) groups excluding carboxylic acids is 1. The molecular formula is C15H17NO2. The van der Waals surface area contributed by atoms with E-state index in [1.807, 2.05) is 0 Å². The Balaban J connectivity index is 2.29. The smallest absolute Gasteiger partial charge is 0.164 e.